The summed E-state index contributed by atoms with van der Waals surface area (Å²) in [6, 6.07) is 41.4. The molecule has 2 heterocycles. The summed E-state index contributed by atoms with van der Waals surface area (Å²) in [6.45, 7) is 19.2. The Kier molecular flexibility index (Phi) is 37.9. The number of rotatable bonds is 50. The topological polar surface area (TPSA) is 221 Å². The highest BCUT2D eigenvalue weighted by Crippen LogP contribution is 2.33. The number of hydrogen-bond donors (Lipinski definition) is 1. The number of fused-ring (bicyclic) bond motifs is 2. The monoisotopic (exact) mass is 1450 g/mol. The van der Waals surface area contributed by atoms with E-state index >= 15 is 0 Å². The van der Waals surface area contributed by atoms with Gasteiger partial charge in [0.25, 0.3) is 0 Å². The second-order valence-corrected chi connectivity index (χ2v) is 26.5. The Hall–Kier alpha value is -9.03. The molecule has 0 saturated carbocycles. The lowest BCUT2D eigenvalue weighted by atomic mass is 10.1. The van der Waals surface area contributed by atoms with Crippen LogP contribution < -0.4 is 34.0 Å². The van der Waals surface area contributed by atoms with E-state index in [1.807, 2.05) is 82.8 Å². The number of carbonyl (C=O) groups is 3. The van der Waals surface area contributed by atoms with Crippen LogP contribution >= 0.6 is 22.7 Å². The Bertz CT molecular complexity index is 3780. The lowest BCUT2D eigenvalue weighted by molar-refractivity contribution is -0.277. The van der Waals surface area contributed by atoms with Crippen LogP contribution in [0.25, 0.3) is 20.4 Å². The molecule has 8 rings (SSSR count). The molecular weight excluding hydrogens is 1350 g/mol. The first-order valence-corrected chi connectivity index (χ1v) is 37.9. The van der Waals surface area contributed by atoms with E-state index in [1.165, 1.54) is 37.8 Å². The van der Waals surface area contributed by atoms with Crippen LogP contribution in [0.1, 0.15) is 201 Å². The van der Waals surface area contributed by atoms with Crippen molar-refractivity contribution in [1.29, 1.82) is 0 Å². The predicted molar refractivity (Wildman–Crippen MR) is 411 cm³/mol. The summed E-state index contributed by atoms with van der Waals surface area (Å²) in [7, 11) is 0. The molecule has 1 atom stereocenters. The highest BCUT2D eigenvalue weighted by atomic mass is 32.1. The SMILES string of the molecule is C=CC(=O)OCCCCCCOc1ccc(C(=O)Oc2ccc(OOCCCCCCC)cc2/C=N/N(CCCCCC)c2nc3ccccc3s2)cc1.C=CC(=O)OCCCCCCOc1ccc(COOc2ccc(C(C)OO)cc2/C=N/N(CCCCCC)c2nc3ccccc3s2)cc1. The molecule has 2 aromatic heterocycles. The van der Waals surface area contributed by atoms with E-state index in [-0.39, 0.29) is 12.6 Å². The van der Waals surface area contributed by atoms with E-state index in [4.69, 9.17) is 63.4 Å². The minimum Gasteiger partial charge on any atom is -0.494 e. The third-order valence-electron chi connectivity index (χ3n) is 16.3. The Morgan fingerprint density at radius 2 is 0.971 bits per heavy atom. The van der Waals surface area contributed by atoms with Crippen LogP contribution in [0.15, 0.2) is 169 Å². The highest BCUT2D eigenvalue weighted by molar-refractivity contribution is 7.22. The summed E-state index contributed by atoms with van der Waals surface area (Å²) >= 11 is 3.21. The van der Waals surface area contributed by atoms with Crippen molar-refractivity contribution in [2.24, 2.45) is 10.2 Å². The summed E-state index contributed by atoms with van der Waals surface area (Å²) in [6.07, 6.45) is 26.9. The summed E-state index contributed by atoms with van der Waals surface area (Å²) in [4.78, 5) is 72.4. The van der Waals surface area contributed by atoms with Crippen molar-refractivity contribution in [1.82, 2.24) is 9.97 Å². The summed E-state index contributed by atoms with van der Waals surface area (Å²) < 4.78 is 29.9. The average Bonchev–Trinajstić information content (AvgIpc) is 1.73. The number of nitrogens with zero attached hydrogens (tertiary/aromatic N) is 6. The maximum absolute atomic E-state index is 13.4. The number of anilines is 2. The molecule has 22 heteroatoms. The van der Waals surface area contributed by atoms with E-state index in [9.17, 15) is 19.6 Å². The fraction of sp³-hybridized carbons (Fsp3) is 0.420. The van der Waals surface area contributed by atoms with Crippen LogP contribution in [0.2, 0.25) is 0 Å². The van der Waals surface area contributed by atoms with Gasteiger partial charge in [0, 0.05) is 36.4 Å². The number of para-hydroxylation sites is 2. The Labute approximate surface area is 615 Å². The van der Waals surface area contributed by atoms with Gasteiger partial charge in [-0.2, -0.15) is 20.0 Å². The van der Waals surface area contributed by atoms with Crippen LogP contribution in [0, 0.1) is 0 Å². The third kappa shape index (κ3) is 30.1. The maximum atomic E-state index is 13.4. The van der Waals surface area contributed by atoms with Gasteiger partial charge in [-0.1, -0.05) is 163 Å². The lowest BCUT2D eigenvalue weighted by Crippen LogP contribution is -2.18. The second-order valence-electron chi connectivity index (χ2n) is 24.5. The van der Waals surface area contributed by atoms with Gasteiger partial charge in [0.1, 0.15) is 30.0 Å². The van der Waals surface area contributed by atoms with Gasteiger partial charge in [0.15, 0.2) is 11.5 Å². The number of ether oxygens (including phenoxy) is 5. The first-order valence-electron chi connectivity index (χ1n) is 36.3. The van der Waals surface area contributed by atoms with Gasteiger partial charge in [-0.05, 0) is 180 Å². The van der Waals surface area contributed by atoms with Crippen LogP contribution in [-0.4, -0.2) is 91.7 Å². The molecule has 1 unspecified atom stereocenters. The summed E-state index contributed by atoms with van der Waals surface area (Å²) in [5.41, 5.74) is 5.17. The molecule has 0 aliphatic heterocycles. The number of hydrogen-bond acceptors (Lipinski definition) is 22. The van der Waals surface area contributed by atoms with Gasteiger partial charge in [0.2, 0.25) is 10.3 Å². The van der Waals surface area contributed by atoms with Gasteiger partial charge >= 0.3 is 17.9 Å². The van der Waals surface area contributed by atoms with Crippen LogP contribution in [0.5, 0.6) is 28.7 Å². The van der Waals surface area contributed by atoms with Gasteiger partial charge in [-0.3, -0.25) is 5.26 Å². The molecule has 0 fully saturated rings. The number of benzene rings is 6. The molecule has 8 aromatic rings. The molecule has 0 amide bonds. The number of unbranched alkanes of at least 4 members (excludes halogenated alkanes) is 16. The third-order valence-corrected chi connectivity index (χ3v) is 18.4. The Morgan fingerprint density at radius 3 is 1.49 bits per heavy atom. The van der Waals surface area contributed by atoms with Crippen molar-refractivity contribution in [2.75, 3.05) is 56.1 Å². The molecule has 0 radical (unpaired) electrons. The van der Waals surface area contributed by atoms with E-state index in [2.05, 4.69) is 50.9 Å². The van der Waals surface area contributed by atoms with E-state index in [0.29, 0.717) is 79.3 Å². The molecule has 1 N–H and O–H groups in total. The number of thiazole rings is 2. The molecule has 6 aromatic carbocycles. The normalized spacial score (nSPS) is 11.5. The smallest absolute Gasteiger partial charge is 0.343 e. The fourth-order valence-corrected chi connectivity index (χ4v) is 12.2. The van der Waals surface area contributed by atoms with Crippen LogP contribution in [0.4, 0.5) is 10.3 Å². The Balaban J connectivity index is 0.000000290. The van der Waals surface area contributed by atoms with Gasteiger partial charge in [-0.15, -0.1) is 0 Å². The predicted octanol–water partition coefficient (Wildman–Crippen LogP) is 20.3. The van der Waals surface area contributed by atoms with Crippen LogP contribution in [0.3, 0.4) is 0 Å². The lowest BCUT2D eigenvalue weighted by Gasteiger charge is -2.16. The molecular formula is C81H102N6O14S2. The molecule has 20 nitrogen and oxygen atoms in total. The van der Waals surface area contributed by atoms with Gasteiger partial charge in [-0.25, -0.2) is 39.3 Å². The standard InChI is InChI=1S/C43H55N3O7S.C38H47N3O7S/c1-4-7-9-11-19-31-51-53-37-26-27-39(52-42(48)34-22-24-36(25-23-34)49-29-17-12-13-18-30-50-41(47)6-3)35(32-37)33-44-46(28-16-10-8-5-2)43-45-38-20-14-15-21-40(38)54-43;1-4-6-7-12-23-41(38-40-34-15-10-11-16-36(34)49-38)39-27-32-26-31(29(3)47-43)19-22-35(32)48-46-28-30-17-20-33(21-18-30)44-24-13-8-9-14-25-45-37(42)5-2/h6,14-15,20-27,32-33H,3-5,7-13,16-19,28-31H2,1-2H3;5,10-11,15-22,26-27,29,43H,2,4,6-9,12-14,23-25,28H2,1,3H3/b44-33+;39-27+. The number of hydrazone groups is 2. The molecule has 0 aliphatic rings. The van der Waals surface area contributed by atoms with E-state index in [0.717, 1.165) is 163 Å². The van der Waals surface area contributed by atoms with E-state index < -0.39 is 18.0 Å². The average molecular weight is 1450 g/mol. The number of esters is 3. The second kappa shape index (κ2) is 48.0. The van der Waals surface area contributed by atoms with Crippen molar-refractivity contribution in [3.63, 3.8) is 0 Å². The van der Waals surface area contributed by atoms with Crippen LogP contribution in [-0.2, 0) is 40.3 Å². The summed E-state index contributed by atoms with van der Waals surface area (Å²) in [5.74, 6) is 1.47. The van der Waals surface area contributed by atoms with Crippen molar-refractivity contribution in [3.8, 4) is 28.7 Å². The fourth-order valence-electron chi connectivity index (χ4n) is 10.3. The minimum atomic E-state index is -0.536. The van der Waals surface area contributed by atoms with Crippen molar-refractivity contribution in [2.45, 2.75) is 175 Å². The molecule has 552 valence electrons. The van der Waals surface area contributed by atoms with Crippen molar-refractivity contribution >= 4 is 83.7 Å². The summed E-state index contributed by atoms with van der Waals surface area (Å²) in [5, 5.41) is 24.5. The number of carbonyl (C=O) groups excluding carboxylic acids is 3. The molecule has 103 heavy (non-hydrogen) atoms. The zero-order chi connectivity index (χ0) is 72.9. The molecule has 0 aliphatic carbocycles. The first-order chi connectivity index (χ1) is 50.5. The highest BCUT2D eigenvalue weighted by Gasteiger charge is 2.18. The molecule has 0 spiro atoms. The number of aromatic nitrogens is 2. The van der Waals surface area contributed by atoms with Gasteiger partial charge < -0.3 is 33.5 Å². The molecule has 0 saturated heterocycles. The van der Waals surface area contributed by atoms with Gasteiger partial charge in [0.05, 0.1) is 71.5 Å². The van der Waals surface area contributed by atoms with Crippen molar-refractivity contribution in [3.05, 3.63) is 187 Å². The maximum Gasteiger partial charge on any atom is 0.343 e. The quantitative estimate of drug-likeness (QED) is 0.00712. The zero-order valence-electron chi connectivity index (χ0n) is 60.3. The largest absolute Gasteiger partial charge is 0.494 e. The zero-order valence-corrected chi connectivity index (χ0v) is 61.9. The molecule has 0 bridgehead atoms. The first kappa shape index (κ1) is 81.3. The van der Waals surface area contributed by atoms with Crippen molar-refractivity contribution < 1.29 is 67.8 Å². The minimum absolute atomic E-state index is 0.223. The van der Waals surface area contributed by atoms with E-state index in [1.54, 1.807) is 90.6 Å². The Morgan fingerprint density at radius 1 is 0.505 bits per heavy atom.